The van der Waals surface area contributed by atoms with Gasteiger partial charge in [-0.25, -0.2) is 8.42 Å². The molecule has 21 heavy (non-hydrogen) atoms. The number of hydrogen-bond acceptors (Lipinski definition) is 3. The third-order valence-corrected chi connectivity index (χ3v) is 6.47. The van der Waals surface area contributed by atoms with E-state index in [0.29, 0.717) is 24.0 Å². The molecule has 0 spiro atoms. The maximum absolute atomic E-state index is 12.6. The van der Waals surface area contributed by atoms with Crippen molar-refractivity contribution in [3.8, 4) is 0 Å². The topological polar surface area (TPSA) is 46.6 Å². The predicted octanol–water partition coefficient (Wildman–Crippen LogP) is 3.18. The van der Waals surface area contributed by atoms with E-state index in [9.17, 15) is 8.42 Å². The molecule has 1 saturated heterocycles. The van der Waals surface area contributed by atoms with E-state index < -0.39 is 10.0 Å². The lowest BCUT2D eigenvalue weighted by Crippen LogP contribution is -2.30. The van der Waals surface area contributed by atoms with Gasteiger partial charge in [0.25, 0.3) is 0 Å². The Morgan fingerprint density at radius 3 is 2.71 bits per heavy atom. The summed E-state index contributed by atoms with van der Waals surface area (Å²) in [7, 11) is -3.61. The molecule has 1 atom stereocenters. The van der Waals surface area contributed by atoms with Crippen molar-refractivity contribution in [2.75, 3.05) is 19.7 Å². The minimum absolute atomic E-state index is 0.0154. The molecule has 0 unspecified atom stereocenters. The molecule has 2 aliphatic rings. The van der Waals surface area contributed by atoms with Gasteiger partial charge < -0.3 is 4.74 Å². The van der Waals surface area contributed by atoms with Gasteiger partial charge in [0.1, 0.15) is 4.90 Å². The molecule has 0 N–H and O–H groups in total. The van der Waals surface area contributed by atoms with Crippen molar-refractivity contribution in [3.05, 3.63) is 28.2 Å². The number of nitrogens with zero attached hydrogens (tertiary/aromatic N) is 1. The van der Waals surface area contributed by atoms with Gasteiger partial charge >= 0.3 is 0 Å². The van der Waals surface area contributed by atoms with Crippen molar-refractivity contribution >= 4 is 33.2 Å². The number of rotatable bonds is 5. The van der Waals surface area contributed by atoms with E-state index in [0.717, 1.165) is 13.0 Å². The molecule has 2 fully saturated rings. The van der Waals surface area contributed by atoms with E-state index in [1.165, 1.54) is 29.3 Å². The van der Waals surface area contributed by atoms with E-state index >= 15 is 0 Å². The fourth-order valence-electron chi connectivity index (χ4n) is 2.42. The highest BCUT2D eigenvalue weighted by Crippen LogP contribution is 2.32. The van der Waals surface area contributed by atoms with E-state index in [-0.39, 0.29) is 16.0 Å². The van der Waals surface area contributed by atoms with Crippen LogP contribution in [0.1, 0.15) is 19.3 Å². The molecule has 1 aromatic rings. The number of benzene rings is 1. The molecule has 0 amide bonds. The average molecular weight is 350 g/mol. The van der Waals surface area contributed by atoms with Gasteiger partial charge in [0.15, 0.2) is 0 Å². The maximum Gasteiger partial charge on any atom is 0.244 e. The largest absolute Gasteiger partial charge is 0.377 e. The zero-order valence-corrected chi connectivity index (χ0v) is 13.8. The first kappa shape index (κ1) is 15.6. The van der Waals surface area contributed by atoms with Gasteiger partial charge in [0.2, 0.25) is 10.0 Å². The molecule has 1 aromatic carbocycles. The van der Waals surface area contributed by atoms with Crippen LogP contribution in [0.15, 0.2) is 23.1 Å². The third kappa shape index (κ3) is 3.54. The van der Waals surface area contributed by atoms with Crippen LogP contribution in [0, 0.1) is 5.92 Å². The lowest BCUT2D eigenvalue weighted by Gasteiger charge is -2.17. The monoisotopic (exact) mass is 349 g/mol. The molecular formula is C14H17Cl2NO3S. The summed E-state index contributed by atoms with van der Waals surface area (Å²) in [5.74, 6) is 0.679. The fourth-order valence-corrected chi connectivity index (χ4v) is 4.65. The van der Waals surface area contributed by atoms with Crippen molar-refractivity contribution in [1.29, 1.82) is 0 Å². The summed E-state index contributed by atoms with van der Waals surface area (Å²) in [4.78, 5) is 0.0690. The first-order valence-corrected chi connectivity index (χ1v) is 9.23. The Kier molecular flexibility index (Phi) is 4.48. The second kappa shape index (κ2) is 6.05. The third-order valence-electron chi connectivity index (χ3n) is 3.88. The summed E-state index contributed by atoms with van der Waals surface area (Å²) in [5, 5.41) is 0.556. The van der Waals surface area contributed by atoms with Crippen molar-refractivity contribution in [2.45, 2.75) is 30.3 Å². The van der Waals surface area contributed by atoms with Gasteiger partial charge in [-0.05, 0) is 43.4 Å². The lowest BCUT2D eigenvalue weighted by molar-refractivity contribution is 0.0561. The van der Waals surface area contributed by atoms with Crippen LogP contribution in [0.5, 0.6) is 0 Å². The smallest absolute Gasteiger partial charge is 0.244 e. The van der Waals surface area contributed by atoms with E-state index in [4.69, 9.17) is 27.9 Å². The number of hydrogen-bond donors (Lipinski definition) is 0. The second-order valence-corrected chi connectivity index (χ2v) is 8.38. The van der Waals surface area contributed by atoms with Crippen LogP contribution >= 0.6 is 23.2 Å². The second-order valence-electron chi connectivity index (χ2n) is 5.63. The van der Waals surface area contributed by atoms with Gasteiger partial charge in [0, 0.05) is 24.7 Å². The molecule has 0 bridgehead atoms. The highest BCUT2D eigenvalue weighted by atomic mass is 35.5. The number of sulfonamides is 1. The summed E-state index contributed by atoms with van der Waals surface area (Å²) < 4.78 is 32.5. The van der Waals surface area contributed by atoms with E-state index in [1.807, 2.05) is 0 Å². The highest BCUT2D eigenvalue weighted by Gasteiger charge is 2.35. The minimum Gasteiger partial charge on any atom is -0.377 e. The Hall–Kier alpha value is -0.330. The lowest BCUT2D eigenvalue weighted by atomic mass is 10.3. The van der Waals surface area contributed by atoms with Crippen LogP contribution in [0.2, 0.25) is 10.0 Å². The Balaban J connectivity index is 1.71. The Bertz CT molecular complexity index is 631. The molecule has 4 nitrogen and oxygen atoms in total. The van der Waals surface area contributed by atoms with Crippen LogP contribution in [0.25, 0.3) is 0 Å². The van der Waals surface area contributed by atoms with Crippen molar-refractivity contribution in [1.82, 2.24) is 4.31 Å². The van der Waals surface area contributed by atoms with Gasteiger partial charge in [-0.2, -0.15) is 4.31 Å². The number of ether oxygens (including phenoxy) is 1. The Labute approximate surface area is 135 Å². The molecule has 0 aromatic heterocycles. The molecule has 1 saturated carbocycles. The molecule has 1 aliphatic carbocycles. The van der Waals surface area contributed by atoms with Crippen LogP contribution in [0.4, 0.5) is 0 Å². The number of halogens is 2. The van der Waals surface area contributed by atoms with E-state index in [2.05, 4.69) is 0 Å². The quantitative estimate of drug-likeness (QED) is 0.819. The van der Waals surface area contributed by atoms with Crippen molar-refractivity contribution < 1.29 is 13.2 Å². The van der Waals surface area contributed by atoms with Gasteiger partial charge in [0.05, 0.1) is 11.1 Å². The van der Waals surface area contributed by atoms with Crippen LogP contribution < -0.4 is 0 Å². The average Bonchev–Trinajstić information content (AvgIpc) is 3.15. The van der Waals surface area contributed by atoms with Crippen LogP contribution in [-0.4, -0.2) is 38.5 Å². The SMILES string of the molecule is O=S(=O)(c1cc(Cl)ccc1Cl)N1CC[C@@H](OCC2CC2)C1. The summed E-state index contributed by atoms with van der Waals surface area (Å²) in [5.41, 5.74) is 0. The molecule has 1 heterocycles. The first-order valence-electron chi connectivity index (χ1n) is 7.03. The summed E-state index contributed by atoms with van der Waals surface area (Å²) >= 11 is 11.9. The standard InChI is InChI=1S/C14H17Cl2NO3S/c15-11-3-4-13(16)14(7-11)21(18,19)17-6-5-12(8-17)20-9-10-1-2-10/h3-4,7,10,12H,1-2,5-6,8-9H2/t12-/m1/s1. The van der Waals surface area contributed by atoms with E-state index in [1.54, 1.807) is 6.07 Å². The Morgan fingerprint density at radius 2 is 2.00 bits per heavy atom. The zero-order valence-electron chi connectivity index (χ0n) is 11.5. The molecule has 7 heteroatoms. The zero-order chi connectivity index (χ0) is 15.0. The molecular weight excluding hydrogens is 333 g/mol. The van der Waals surface area contributed by atoms with Crippen LogP contribution in [-0.2, 0) is 14.8 Å². The highest BCUT2D eigenvalue weighted by molar-refractivity contribution is 7.89. The molecule has 116 valence electrons. The summed E-state index contributed by atoms with van der Waals surface area (Å²) in [6.45, 7) is 1.59. The molecule has 3 rings (SSSR count). The van der Waals surface area contributed by atoms with Gasteiger partial charge in [-0.15, -0.1) is 0 Å². The maximum atomic E-state index is 12.6. The summed E-state index contributed by atoms with van der Waals surface area (Å²) in [6, 6.07) is 4.49. The van der Waals surface area contributed by atoms with Crippen molar-refractivity contribution in [3.63, 3.8) is 0 Å². The van der Waals surface area contributed by atoms with Gasteiger partial charge in [-0.3, -0.25) is 0 Å². The first-order chi connectivity index (χ1) is 9.96. The molecule has 0 radical (unpaired) electrons. The normalized spacial score (nSPS) is 23.6. The predicted molar refractivity (Wildman–Crippen MR) is 82.3 cm³/mol. The minimum atomic E-state index is -3.61. The Morgan fingerprint density at radius 1 is 1.24 bits per heavy atom. The fraction of sp³-hybridized carbons (Fsp3) is 0.571. The molecule has 1 aliphatic heterocycles. The van der Waals surface area contributed by atoms with Gasteiger partial charge in [-0.1, -0.05) is 23.2 Å². The van der Waals surface area contributed by atoms with Crippen molar-refractivity contribution in [2.24, 2.45) is 5.92 Å². The van der Waals surface area contributed by atoms with Crippen LogP contribution in [0.3, 0.4) is 0 Å². The summed E-state index contributed by atoms with van der Waals surface area (Å²) in [6.07, 6.45) is 3.17.